The van der Waals surface area contributed by atoms with Crippen LogP contribution in [0, 0.1) is 0 Å². The summed E-state index contributed by atoms with van der Waals surface area (Å²) in [5.41, 5.74) is 7.80. The van der Waals surface area contributed by atoms with Crippen molar-refractivity contribution in [3.8, 4) is 0 Å². The Hall–Kier alpha value is -1.42. The normalized spacial score (nSPS) is 16.4. The Bertz CT molecular complexity index is 470. The third kappa shape index (κ3) is 1.04. The topological polar surface area (TPSA) is 56.7 Å². The van der Waals surface area contributed by atoms with Gasteiger partial charge in [-0.15, -0.1) is 0 Å². The number of pyridine rings is 1. The highest BCUT2D eigenvalue weighted by Gasteiger charge is 2.27. The minimum absolute atomic E-state index is 0.505. The summed E-state index contributed by atoms with van der Waals surface area (Å²) in [6.45, 7) is 0.505. The van der Waals surface area contributed by atoms with Crippen molar-refractivity contribution in [2.75, 3.05) is 0 Å². The van der Waals surface area contributed by atoms with Gasteiger partial charge in [0.1, 0.15) is 5.82 Å². The van der Waals surface area contributed by atoms with Crippen LogP contribution in [0.1, 0.15) is 24.7 Å². The molecule has 4 heteroatoms. The molecule has 1 aliphatic rings. The Kier molecular flexibility index (Phi) is 1.58. The Morgan fingerprint density at radius 2 is 2.36 bits per heavy atom. The quantitative estimate of drug-likeness (QED) is 0.771. The summed E-state index contributed by atoms with van der Waals surface area (Å²) in [5.74, 6) is 0.982. The van der Waals surface area contributed by atoms with Crippen LogP contribution in [0.15, 0.2) is 18.5 Å². The number of nitrogens with zero attached hydrogens (tertiary/aromatic N) is 3. The largest absolute Gasteiger partial charge is 0.324 e. The molecule has 2 aromatic rings. The van der Waals surface area contributed by atoms with Gasteiger partial charge < -0.3 is 10.3 Å². The van der Waals surface area contributed by atoms with Crippen LogP contribution in [0.2, 0.25) is 0 Å². The molecule has 0 saturated heterocycles. The van der Waals surface area contributed by atoms with Gasteiger partial charge in [-0.3, -0.25) is 4.98 Å². The molecule has 0 aliphatic heterocycles. The fourth-order valence-electron chi connectivity index (χ4n) is 1.88. The van der Waals surface area contributed by atoms with E-state index in [0.29, 0.717) is 12.6 Å². The predicted molar refractivity (Wildman–Crippen MR) is 53.7 cm³/mol. The van der Waals surface area contributed by atoms with E-state index in [-0.39, 0.29) is 0 Å². The predicted octanol–water partition coefficient (Wildman–Crippen LogP) is 1.22. The maximum absolute atomic E-state index is 5.68. The van der Waals surface area contributed by atoms with Crippen LogP contribution in [0.4, 0.5) is 0 Å². The lowest BCUT2D eigenvalue weighted by molar-refractivity contribution is 0.701. The third-order valence-corrected chi connectivity index (χ3v) is 2.66. The van der Waals surface area contributed by atoms with E-state index in [0.717, 1.165) is 16.9 Å². The Morgan fingerprint density at radius 3 is 3.07 bits per heavy atom. The number of hydrogen-bond acceptors (Lipinski definition) is 3. The zero-order valence-corrected chi connectivity index (χ0v) is 7.85. The molecule has 14 heavy (non-hydrogen) atoms. The van der Waals surface area contributed by atoms with E-state index in [1.54, 1.807) is 6.20 Å². The van der Waals surface area contributed by atoms with Crippen molar-refractivity contribution >= 4 is 11.0 Å². The first kappa shape index (κ1) is 7.94. The molecular formula is C10H12N4. The molecule has 2 heterocycles. The van der Waals surface area contributed by atoms with Crippen molar-refractivity contribution < 1.29 is 0 Å². The molecule has 0 bridgehead atoms. The highest BCUT2D eigenvalue weighted by molar-refractivity contribution is 5.75. The summed E-state index contributed by atoms with van der Waals surface area (Å²) in [7, 11) is 0. The van der Waals surface area contributed by atoms with Crippen molar-refractivity contribution in [1.82, 2.24) is 14.5 Å². The minimum atomic E-state index is 0.505. The zero-order valence-electron chi connectivity index (χ0n) is 7.85. The third-order valence-electron chi connectivity index (χ3n) is 2.66. The summed E-state index contributed by atoms with van der Waals surface area (Å²) in [6, 6.07) is 2.55. The van der Waals surface area contributed by atoms with Gasteiger partial charge in [0.05, 0.1) is 23.8 Å². The van der Waals surface area contributed by atoms with Crippen molar-refractivity contribution in [3.63, 3.8) is 0 Å². The van der Waals surface area contributed by atoms with Crippen molar-refractivity contribution in [1.29, 1.82) is 0 Å². The lowest BCUT2D eigenvalue weighted by Gasteiger charge is -2.04. The molecule has 0 aromatic carbocycles. The first-order valence-corrected chi connectivity index (χ1v) is 4.91. The monoisotopic (exact) mass is 188 g/mol. The average molecular weight is 188 g/mol. The number of nitrogens with two attached hydrogens (primary N) is 1. The second kappa shape index (κ2) is 2.78. The molecule has 3 rings (SSSR count). The van der Waals surface area contributed by atoms with E-state index in [1.807, 2.05) is 12.3 Å². The van der Waals surface area contributed by atoms with Gasteiger partial charge in [-0.2, -0.15) is 0 Å². The minimum Gasteiger partial charge on any atom is -0.324 e. The molecular weight excluding hydrogens is 176 g/mol. The second-order valence-electron chi connectivity index (χ2n) is 3.70. The number of hydrogen-bond donors (Lipinski definition) is 1. The standard InChI is InChI=1S/C10H12N4/c11-5-10-13-8-3-4-12-6-9(8)14(10)7-1-2-7/h3-4,6-7H,1-2,5,11H2. The summed E-state index contributed by atoms with van der Waals surface area (Å²) in [4.78, 5) is 8.62. The number of aromatic nitrogens is 3. The van der Waals surface area contributed by atoms with Crippen LogP contribution in [-0.4, -0.2) is 14.5 Å². The zero-order chi connectivity index (χ0) is 9.54. The first-order valence-electron chi connectivity index (χ1n) is 4.91. The van der Waals surface area contributed by atoms with Gasteiger partial charge in [-0.05, 0) is 18.9 Å². The maximum Gasteiger partial charge on any atom is 0.123 e. The molecule has 1 saturated carbocycles. The SMILES string of the molecule is NCc1nc2ccncc2n1C1CC1. The Balaban J connectivity index is 2.29. The van der Waals surface area contributed by atoms with E-state index in [2.05, 4.69) is 14.5 Å². The van der Waals surface area contributed by atoms with Gasteiger partial charge in [0.15, 0.2) is 0 Å². The van der Waals surface area contributed by atoms with E-state index in [1.165, 1.54) is 12.8 Å². The summed E-state index contributed by atoms with van der Waals surface area (Å²) < 4.78 is 2.24. The van der Waals surface area contributed by atoms with Crippen LogP contribution in [0.5, 0.6) is 0 Å². The molecule has 4 nitrogen and oxygen atoms in total. The van der Waals surface area contributed by atoms with E-state index >= 15 is 0 Å². The van der Waals surface area contributed by atoms with Gasteiger partial charge in [-0.1, -0.05) is 0 Å². The molecule has 72 valence electrons. The Morgan fingerprint density at radius 1 is 1.50 bits per heavy atom. The Labute approximate surface area is 81.8 Å². The lowest BCUT2D eigenvalue weighted by Crippen LogP contribution is -2.06. The van der Waals surface area contributed by atoms with Crippen LogP contribution in [0.3, 0.4) is 0 Å². The van der Waals surface area contributed by atoms with Crippen molar-refractivity contribution in [2.24, 2.45) is 5.73 Å². The summed E-state index contributed by atoms with van der Waals surface area (Å²) in [5, 5.41) is 0. The van der Waals surface area contributed by atoms with Crippen LogP contribution in [0.25, 0.3) is 11.0 Å². The highest BCUT2D eigenvalue weighted by atomic mass is 15.1. The summed E-state index contributed by atoms with van der Waals surface area (Å²) >= 11 is 0. The second-order valence-corrected chi connectivity index (χ2v) is 3.70. The van der Waals surface area contributed by atoms with E-state index in [9.17, 15) is 0 Å². The lowest BCUT2D eigenvalue weighted by atomic mass is 10.4. The van der Waals surface area contributed by atoms with Crippen LogP contribution in [-0.2, 0) is 6.54 Å². The van der Waals surface area contributed by atoms with E-state index < -0.39 is 0 Å². The fourth-order valence-corrected chi connectivity index (χ4v) is 1.88. The molecule has 0 spiro atoms. The van der Waals surface area contributed by atoms with Crippen LogP contribution < -0.4 is 5.73 Å². The molecule has 0 radical (unpaired) electrons. The van der Waals surface area contributed by atoms with Crippen molar-refractivity contribution in [3.05, 3.63) is 24.3 Å². The average Bonchev–Trinajstić information content (AvgIpc) is 2.98. The van der Waals surface area contributed by atoms with Gasteiger partial charge >= 0.3 is 0 Å². The van der Waals surface area contributed by atoms with Crippen LogP contribution >= 0.6 is 0 Å². The molecule has 0 atom stereocenters. The van der Waals surface area contributed by atoms with Gasteiger partial charge in [0.25, 0.3) is 0 Å². The molecule has 0 unspecified atom stereocenters. The molecule has 2 N–H and O–H groups in total. The molecule has 1 fully saturated rings. The van der Waals surface area contributed by atoms with Gasteiger partial charge in [0, 0.05) is 12.2 Å². The maximum atomic E-state index is 5.68. The highest BCUT2D eigenvalue weighted by Crippen LogP contribution is 2.38. The van der Waals surface area contributed by atoms with Gasteiger partial charge in [-0.25, -0.2) is 4.98 Å². The summed E-state index contributed by atoms with van der Waals surface area (Å²) in [6.07, 6.45) is 6.13. The number of imidazole rings is 1. The fraction of sp³-hybridized carbons (Fsp3) is 0.400. The number of fused-ring (bicyclic) bond motifs is 1. The molecule has 2 aromatic heterocycles. The molecule has 0 amide bonds. The molecule has 1 aliphatic carbocycles. The number of rotatable bonds is 2. The smallest absolute Gasteiger partial charge is 0.123 e. The van der Waals surface area contributed by atoms with E-state index in [4.69, 9.17) is 5.73 Å². The van der Waals surface area contributed by atoms with Gasteiger partial charge in [0.2, 0.25) is 0 Å². The first-order chi connectivity index (χ1) is 6.90. The van der Waals surface area contributed by atoms with Crippen molar-refractivity contribution in [2.45, 2.75) is 25.4 Å².